The molecule has 1 saturated carbocycles. The van der Waals surface area contributed by atoms with Gasteiger partial charge >= 0.3 is 0 Å². The Morgan fingerprint density at radius 2 is 1.87 bits per heavy atom. The van der Waals surface area contributed by atoms with Gasteiger partial charge < -0.3 is 15.5 Å². The van der Waals surface area contributed by atoms with Crippen LogP contribution in [0.4, 0.5) is 5.82 Å². The van der Waals surface area contributed by atoms with Gasteiger partial charge in [0, 0.05) is 38.9 Å². The van der Waals surface area contributed by atoms with Crippen molar-refractivity contribution in [2.75, 3.05) is 31.6 Å². The van der Waals surface area contributed by atoms with Crippen LogP contribution in [0.15, 0.2) is 53.7 Å². The molecule has 2 fully saturated rings. The highest BCUT2D eigenvalue weighted by Gasteiger charge is 2.42. The quantitative estimate of drug-likeness (QED) is 0.342. The SMILES string of the molecule is CN=C(NCC1(Cc2ccccc2)CC1)NC1CCN(c2ccc(C)cn2)CC1.I. The van der Waals surface area contributed by atoms with Gasteiger partial charge in [-0.25, -0.2) is 4.98 Å². The van der Waals surface area contributed by atoms with Crippen LogP contribution in [0, 0.1) is 12.3 Å². The minimum absolute atomic E-state index is 0. The summed E-state index contributed by atoms with van der Waals surface area (Å²) in [6.07, 6.45) is 7.91. The van der Waals surface area contributed by atoms with Crippen molar-refractivity contribution in [3.05, 3.63) is 59.8 Å². The van der Waals surface area contributed by atoms with Crippen molar-refractivity contribution in [3.8, 4) is 0 Å². The fraction of sp³-hybridized carbons (Fsp3) is 0.500. The standard InChI is InChI=1S/C24H33N5.HI/c1-19-8-9-22(26-17-19)29-14-10-21(11-15-29)28-23(25-2)27-18-24(12-13-24)16-20-6-4-3-5-7-20;/h3-9,17,21H,10-16,18H2,1-2H3,(H2,25,27,28);1H. The Kier molecular flexibility index (Phi) is 7.97. The number of hydrogen-bond donors (Lipinski definition) is 2. The predicted octanol–water partition coefficient (Wildman–Crippen LogP) is 4.16. The molecule has 1 aromatic heterocycles. The highest BCUT2D eigenvalue weighted by atomic mass is 127. The normalized spacial score (nSPS) is 18.5. The lowest BCUT2D eigenvalue weighted by atomic mass is 9.96. The van der Waals surface area contributed by atoms with Crippen LogP contribution in [0.3, 0.4) is 0 Å². The van der Waals surface area contributed by atoms with E-state index in [0.717, 1.165) is 50.7 Å². The molecular weight excluding hydrogens is 485 g/mol. The van der Waals surface area contributed by atoms with Crippen LogP contribution in [-0.4, -0.2) is 43.7 Å². The van der Waals surface area contributed by atoms with Crippen molar-refractivity contribution in [2.45, 2.75) is 45.1 Å². The second-order valence-corrected chi connectivity index (χ2v) is 8.69. The molecule has 2 aromatic rings. The first-order valence-corrected chi connectivity index (χ1v) is 10.8. The second-order valence-electron chi connectivity index (χ2n) is 8.69. The number of aryl methyl sites for hydroxylation is 1. The van der Waals surface area contributed by atoms with E-state index in [4.69, 9.17) is 0 Å². The fourth-order valence-electron chi connectivity index (χ4n) is 4.18. The van der Waals surface area contributed by atoms with Gasteiger partial charge in [-0.3, -0.25) is 4.99 Å². The molecule has 0 unspecified atom stereocenters. The summed E-state index contributed by atoms with van der Waals surface area (Å²) in [7, 11) is 1.87. The molecule has 0 radical (unpaired) electrons. The van der Waals surface area contributed by atoms with Crippen LogP contribution in [0.25, 0.3) is 0 Å². The smallest absolute Gasteiger partial charge is 0.191 e. The van der Waals surface area contributed by atoms with E-state index in [1.54, 1.807) is 0 Å². The monoisotopic (exact) mass is 519 g/mol. The van der Waals surface area contributed by atoms with Gasteiger partial charge in [-0.2, -0.15) is 0 Å². The molecule has 1 saturated heterocycles. The van der Waals surface area contributed by atoms with Gasteiger partial charge in [0.2, 0.25) is 0 Å². The van der Waals surface area contributed by atoms with Crippen molar-refractivity contribution < 1.29 is 0 Å². The molecule has 30 heavy (non-hydrogen) atoms. The summed E-state index contributed by atoms with van der Waals surface area (Å²) in [5.41, 5.74) is 3.05. The summed E-state index contributed by atoms with van der Waals surface area (Å²) in [4.78, 5) is 11.4. The van der Waals surface area contributed by atoms with Crippen LogP contribution in [0.5, 0.6) is 0 Å². The van der Waals surface area contributed by atoms with E-state index in [2.05, 4.69) is 74.9 Å². The molecule has 162 valence electrons. The van der Waals surface area contributed by atoms with Crippen LogP contribution >= 0.6 is 24.0 Å². The number of hydrogen-bond acceptors (Lipinski definition) is 3. The maximum atomic E-state index is 4.57. The summed E-state index contributed by atoms with van der Waals surface area (Å²) in [5, 5.41) is 7.24. The van der Waals surface area contributed by atoms with Gasteiger partial charge in [0.15, 0.2) is 5.96 Å². The van der Waals surface area contributed by atoms with Gasteiger partial charge in [0.1, 0.15) is 5.82 Å². The minimum atomic E-state index is 0. The number of guanidine groups is 1. The zero-order chi connectivity index (χ0) is 20.1. The number of benzene rings is 1. The minimum Gasteiger partial charge on any atom is -0.356 e. The maximum absolute atomic E-state index is 4.57. The van der Waals surface area contributed by atoms with E-state index >= 15 is 0 Å². The highest BCUT2D eigenvalue weighted by molar-refractivity contribution is 14.0. The number of anilines is 1. The summed E-state index contributed by atoms with van der Waals surface area (Å²) < 4.78 is 0. The lowest BCUT2D eigenvalue weighted by molar-refractivity contribution is 0.449. The van der Waals surface area contributed by atoms with Crippen LogP contribution in [0.1, 0.15) is 36.8 Å². The van der Waals surface area contributed by atoms with E-state index in [1.807, 2.05) is 13.2 Å². The molecule has 0 spiro atoms. The number of aromatic nitrogens is 1. The molecular formula is C24H34IN5. The number of aliphatic imine (C=N–C) groups is 1. The van der Waals surface area contributed by atoms with Crippen LogP contribution in [0.2, 0.25) is 0 Å². The van der Waals surface area contributed by atoms with Gasteiger partial charge in [0.25, 0.3) is 0 Å². The zero-order valence-electron chi connectivity index (χ0n) is 18.1. The molecule has 2 heterocycles. The van der Waals surface area contributed by atoms with Crippen molar-refractivity contribution in [1.82, 2.24) is 15.6 Å². The molecule has 1 aromatic carbocycles. The van der Waals surface area contributed by atoms with E-state index in [1.165, 1.54) is 24.0 Å². The first-order valence-electron chi connectivity index (χ1n) is 10.8. The Bertz CT molecular complexity index is 809. The third-order valence-electron chi connectivity index (χ3n) is 6.29. The van der Waals surface area contributed by atoms with E-state index in [0.29, 0.717) is 11.5 Å². The highest BCUT2D eigenvalue weighted by Crippen LogP contribution is 2.47. The predicted molar refractivity (Wildman–Crippen MR) is 136 cm³/mol. The molecule has 1 aliphatic carbocycles. The lowest BCUT2D eigenvalue weighted by Crippen LogP contribution is -2.49. The Hall–Kier alpha value is -1.83. The average Bonchev–Trinajstić information content (AvgIpc) is 3.52. The lowest BCUT2D eigenvalue weighted by Gasteiger charge is -2.34. The van der Waals surface area contributed by atoms with Crippen LogP contribution in [-0.2, 0) is 6.42 Å². The van der Waals surface area contributed by atoms with Gasteiger partial charge in [-0.1, -0.05) is 36.4 Å². The Labute approximate surface area is 197 Å². The molecule has 4 rings (SSSR count). The Morgan fingerprint density at radius 1 is 1.13 bits per heavy atom. The summed E-state index contributed by atoms with van der Waals surface area (Å²) >= 11 is 0. The van der Waals surface area contributed by atoms with Crippen LogP contribution < -0.4 is 15.5 Å². The molecule has 6 heteroatoms. The van der Waals surface area contributed by atoms with Gasteiger partial charge in [-0.05, 0) is 61.6 Å². The number of halogens is 1. The number of rotatable bonds is 6. The number of pyridine rings is 1. The topological polar surface area (TPSA) is 52.6 Å². The Morgan fingerprint density at radius 3 is 2.47 bits per heavy atom. The first-order chi connectivity index (χ1) is 14.2. The summed E-state index contributed by atoms with van der Waals surface area (Å²) in [6.45, 7) is 5.14. The molecule has 1 aliphatic heterocycles. The van der Waals surface area contributed by atoms with Gasteiger partial charge in [-0.15, -0.1) is 24.0 Å². The Balaban J connectivity index is 0.00000256. The average molecular weight is 519 g/mol. The molecule has 0 atom stereocenters. The number of nitrogens with one attached hydrogen (secondary N) is 2. The van der Waals surface area contributed by atoms with E-state index < -0.39 is 0 Å². The van der Waals surface area contributed by atoms with E-state index in [-0.39, 0.29) is 24.0 Å². The molecule has 0 bridgehead atoms. The summed E-state index contributed by atoms with van der Waals surface area (Å²) in [6, 6.07) is 15.6. The maximum Gasteiger partial charge on any atom is 0.191 e. The first kappa shape index (κ1) is 22.8. The number of piperidine rings is 1. The molecule has 2 N–H and O–H groups in total. The van der Waals surface area contributed by atoms with Crippen molar-refractivity contribution in [3.63, 3.8) is 0 Å². The summed E-state index contributed by atoms with van der Waals surface area (Å²) in [5.74, 6) is 2.03. The van der Waals surface area contributed by atoms with Crippen molar-refractivity contribution in [2.24, 2.45) is 10.4 Å². The number of nitrogens with zero attached hydrogens (tertiary/aromatic N) is 3. The van der Waals surface area contributed by atoms with Crippen molar-refractivity contribution in [1.29, 1.82) is 0 Å². The molecule has 2 aliphatic rings. The fourth-order valence-corrected chi connectivity index (χ4v) is 4.18. The third kappa shape index (κ3) is 6.09. The van der Waals surface area contributed by atoms with Crippen molar-refractivity contribution >= 4 is 35.8 Å². The largest absolute Gasteiger partial charge is 0.356 e. The third-order valence-corrected chi connectivity index (χ3v) is 6.29. The molecule has 5 nitrogen and oxygen atoms in total. The van der Waals surface area contributed by atoms with Gasteiger partial charge in [0.05, 0.1) is 0 Å². The zero-order valence-corrected chi connectivity index (χ0v) is 20.4. The second kappa shape index (κ2) is 10.5. The van der Waals surface area contributed by atoms with E-state index in [9.17, 15) is 0 Å². The molecule has 0 amide bonds.